The zero-order valence-electron chi connectivity index (χ0n) is 21.2. The van der Waals surface area contributed by atoms with Gasteiger partial charge in [-0.2, -0.15) is 10.2 Å². The fourth-order valence-corrected chi connectivity index (χ4v) is 3.89. The third-order valence-electron chi connectivity index (χ3n) is 6.07. The summed E-state index contributed by atoms with van der Waals surface area (Å²) in [6.07, 6.45) is 0.944. The Bertz CT molecular complexity index is 958. The molecule has 0 aliphatic rings. The van der Waals surface area contributed by atoms with Crippen molar-refractivity contribution in [1.82, 2.24) is 0 Å². The molecule has 0 fully saturated rings. The number of ether oxygens (including phenoxy) is 2. The Hall–Kier alpha value is -3.22. The summed E-state index contributed by atoms with van der Waals surface area (Å²) in [6.45, 7) is 11.0. The predicted molar refractivity (Wildman–Crippen MR) is 135 cm³/mol. The lowest BCUT2D eigenvalue weighted by Gasteiger charge is -2.33. The smallest absolute Gasteiger partial charge is 0.311 e. The number of hydrogen-bond acceptors (Lipinski definition) is 7. The van der Waals surface area contributed by atoms with Crippen LogP contribution in [0, 0.1) is 10.8 Å². The van der Waals surface area contributed by atoms with Gasteiger partial charge in [-0.3, -0.25) is 9.59 Å². The zero-order chi connectivity index (χ0) is 25.2. The summed E-state index contributed by atoms with van der Waals surface area (Å²) in [6, 6.07) is 17.4. The Morgan fingerprint density at radius 3 is 2.00 bits per heavy atom. The number of benzene rings is 2. The van der Waals surface area contributed by atoms with Crippen LogP contribution in [0.5, 0.6) is 0 Å². The maximum atomic E-state index is 12.8. The van der Waals surface area contributed by atoms with Crippen LogP contribution in [0.25, 0.3) is 0 Å². The fourth-order valence-electron chi connectivity index (χ4n) is 3.89. The molecule has 0 radical (unpaired) electrons. The number of anilines is 1. The monoisotopic (exact) mass is 467 g/mol. The van der Waals surface area contributed by atoms with Crippen molar-refractivity contribution in [3.8, 4) is 0 Å². The van der Waals surface area contributed by atoms with Crippen LogP contribution in [0.2, 0.25) is 0 Å². The maximum absolute atomic E-state index is 12.8. The summed E-state index contributed by atoms with van der Waals surface area (Å²) in [7, 11) is 1.37. The third-order valence-corrected chi connectivity index (χ3v) is 6.07. The largest absolute Gasteiger partial charge is 0.469 e. The number of nitrogens with zero attached hydrogens (tertiary/aromatic N) is 3. The summed E-state index contributed by atoms with van der Waals surface area (Å²) >= 11 is 0. The minimum atomic E-state index is -0.804. The average molecular weight is 468 g/mol. The van der Waals surface area contributed by atoms with E-state index in [1.54, 1.807) is 0 Å². The molecule has 7 heteroatoms. The number of azo groups is 1. The van der Waals surface area contributed by atoms with Gasteiger partial charge in [-0.1, -0.05) is 25.1 Å². The molecule has 2 aromatic rings. The summed E-state index contributed by atoms with van der Waals surface area (Å²) < 4.78 is 10.6. The average Bonchev–Trinajstić information content (AvgIpc) is 2.85. The molecule has 0 amide bonds. The molecule has 34 heavy (non-hydrogen) atoms. The first-order valence-corrected chi connectivity index (χ1v) is 11.7. The van der Waals surface area contributed by atoms with Crippen molar-refractivity contribution in [3.05, 3.63) is 54.6 Å². The number of carbonyl (C=O) groups is 2. The number of rotatable bonds is 12. The number of carbonyl (C=O) groups excluding carboxylic acids is 2. The van der Waals surface area contributed by atoms with Gasteiger partial charge < -0.3 is 14.4 Å². The van der Waals surface area contributed by atoms with Gasteiger partial charge in [-0.05, 0) is 76.9 Å². The molecule has 0 heterocycles. The SMILES string of the molecule is CCN(CCOC(=O)C(C)(C)CC(C)(CC)C(=O)OC)c1ccc(N=Nc2ccccc2)cc1. The topological polar surface area (TPSA) is 80.6 Å². The van der Waals surface area contributed by atoms with Gasteiger partial charge in [0.25, 0.3) is 0 Å². The van der Waals surface area contributed by atoms with E-state index < -0.39 is 10.8 Å². The van der Waals surface area contributed by atoms with Crippen molar-refractivity contribution in [2.24, 2.45) is 21.1 Å². The van der Waals surface area contributed by atoms with Crippen LogP contribution >= 0.6 is 0 Å². The molecule has 0 N–H and O–H groups in total. The van der Waals surface area contributed by atoms with E-state index in [4.69, 9.17) is 9.47 Å². The lowest BCUT2D eigenvalue weighted by atomic mass is 9.72. The van der Waals surface area contributed by atoms with Crippen LogP contribution in [0.4, 0.5) is 17.1 Å². The first kappa shape index (κ1) is 27.0. The van der Waals surface area contributed by atoms with Crippen molar-refractivity contribution in [3.63, 3.8) is 0 Å². The second kappa shape index (κ2) is 12.3. The van der Waals surface area contributed by atoms with Crippen LogP contribution in [0.1, 0.15) is 47.5 Å². The summed E-state index contributed by atoms with van der Waals surface area (Å²) in [5.74, 6) is -0.622. The molecule has 7 nitrogen and oxygen atoms in total. The number of esters is 2. The van der Waals surface area contributed by atoms with E-state index in [0.29, 0.717) is 19.4 Å². The van der Waals surface area contributed by atoms with E-state index in [1.165, 1.54) is 7.11 Å². The number of hydrogen-bond donors (Lipinski definition) is 0. The van der Waals surface area contributed by atoms with Crippen LogP contribution in [-0.2, 0) is 19.1 Å². The predicted octanol–water partition coefficient (Wildman–Crippen LogP) is 6.48. The standard InChI is InChI=1S/C27H37N3O4/c1-7-27(5,25(32)33-6)20-26(3,4)24(31)34-19-18-30(8-2)23-16-14-22(15-17-23)29-28-21-12-10-9-11-13-21/h9-17H,7-8,18-20H2,1-6H3. The molecule has 2 aromatic carbocycles. The van der Waals surface area contributed by atoms with Crippen LogP contribution in [0.15, 0.2) is 64.8 Å². The van der Waals surface area contributed by atoms with E-state index in [2.05, 4.69) is 22.1 Å². The van der Waals surface area contributed by atoms with Gasteiger partial charge in [0.2, 0.25) is 0 Å². The second-order valence-electron chi connectivity index (χ2n) is 9.23. The van der Waals surface area contributed by atoms with Gasteiger partial charge in [0.1, 0.15) is 6.61 Å². The van der Waals surface area contributed by atoms with E-state index in [1.807, 2.05) is 82.3 Å². The lowest BCUT2D eigenvalue weighted by Crippen LogP contribution is -2.39. The quantitative estimate of drug-likeness (QED) is 0.264. The fraction of sp³-hybridized carbons (Fsp3) is 0.481. The Balaban J connectivity index is 1.92. The highest BCUT2D eigenvalue weighted by Gasteiger charge is 2.42. The zero-order valence-corrected chi connectivity index (χ0v) is 21.2. The maximum Gasteiger partial charge on any atom is 0.311 e. The first-order valence-electron chi connectivity index (χ1n) is 11.7. The summed E-state index contributed by atoms with van der Waals surface area (Å²) in [4.78, 5) is 27.1. The van der Waals surface area contributed by atoms with Crippen LogP contribution in [-0.4, -0.2) is 38.7 Å². The Morgan fingerprint density at radius 1 is 0.882 bits per heavy atom. The van der Waals surface area contributed by atoms with Crippen molar-refractivity contribution >= 4 is 29.0 Å². The molecule has 1 atom stereocenters. The molecule has 184 valence electrons. The minimum absolute atomic E-state index is 0.257. The molecule has 0 bridgehead atoms. The molecule has 0 aliphatic carbocycles. The highest BCUT2D eigenvalue weighted by Crippen LogP contribution is 2.38. The summed E-state index contributed by atoms with van der Waals surface area (Å²) in [5.41, 5.74) is 1.05. The second-order valence-corrected chi connectivity index (χ2v) is 9.23. The Kier molecular flexibility index (Phi) is 9.78. The Morgan fingerprint density at radius 2 is 1.47 bits per heavy atom. The van der Waals surface area contributed by atoms with Gasteiger partial charge in [-0.25, -0.2) is 0 Å². The minimum Gasteiger partial charge on any atom is -0.469 e. The van der Waals surface area contributed by atoms with Crippen molar-refractivity contribution in [2.75, 3.05) is 31.7 Å². The molecule has 0 aliphatic heterocycles. The van der Waals surface area contributed by atoms with Crippen LogP contribution < -0.4 is 4.90 Å². The van der Waals surface area contributed by atoms with Gasteiger partial charge >= 0.3 is 11.9 Å². The third kappa shape index (κ3) is 7.40. The molecular formula is C27H37N3O4. The van der Waals surface area contributed by atoms with Gasteiger partial charge in [0.05, 0.1) is 35.9 Å². The number of methoxy groups -OCH3 is 1. The molecule has 0 saturated carbocycles. The van der Waals surface area contributed by atoms with E-state index >= 15 is 0 Å². The molecule has 0 saturated heterocycles. The Labute approximate surface area is 203 Å². The van der Waals surface area contributed by atoms with Crippen molar-refractivity contribution in [1.29, 1.82) is 0 Å². The van der Waals surface area contributed by atoms with Crippen molar-refractivity contribution < 1.29 is 19.1 Å². The molecule has 0 aromatic heterocycles. The molecular weight excluding hydrogens is 430 g/mol. The van der Waals surface area contributed by atoms with Crippen LogP contribution in [0.3, 0.4) is 0 Å². The molecule has 1 unspecified atom stereocenters. The summed E-state index contributed by atoms with van der Waals surface area (Å²) in [5, 5.41) is 8.51. The van der Waals surface area contributed by atoms with Gasteiger partial charge in [0, 0.05) is 12.2 Å². The van der Waals surface area contributed by atoms with E-state index in [0.717, 1.165) is 23.6 Å². The first-order chi connectivity index (χ1) is 16.1. The normalized spacial score (nSPS) is 13.4. The highest BCUT2D eigenvalue weighted by atomic mass is 16.5. The highest BCUT2D eigenvalue weighted by molar-refractivity contribution is 5.80. The van der Waals surface area contributed by atoms with E-state index in [9.17, 15) is 9.59 Å². The van der Waals surface area contributed by atoms with E-state index in [-0.39, 0.29) is 18.5 Å². The molecule has 0 spiro atoms. The molecule has 2 rings (SSSR count). The van der Waals surface area contributed by atoms with Gasteiger partial charge in [0.15, 0.2) is 0 Å². The number of likely N-dealkylation sites (N-methyl/N-ethyl adjacent to an activating group) is 1. The van der Waals surface area contributed by atoms with Crippen molar-refractivity contribution in [2.45, 2.75) is 47.5 Å². The van der Waals surface area contributed by atoms with Gasteiger partial charge in [-0.15, -0.1) is 0 Å². The lowest BCUT2D eigenvalue weighted by molar-refractivity contribution is -0.161.